The van der Waals surface area contributed by atoms with Crippen molar-refractivity contribution in [1.82, 2.24) is 15.0 Å². The zero-order valence-corrected chi connectivity index (χ0v) is 13.5. The summed E-state index contributed by atoms with van der Waals surface area (Å²) in [5.41, 5.74) is 3.31. The van der Waals surface area contributed by atoms with Gasteiger partial charge in [-0.15, -0.1) is 5.10 Å². The van der Waals surface area contributed by atoms with Crippen molar-refractivity contribution in [1.29, 1.82) is 0 Å². The summed E-state index contributed by atoms with van der Waals surface area (Å²) in [4.78, 5) is 23.3. The third-order valence-corrected chi connectivity index (χ3v) is 3.61. The number of anilines is 1. The number of carbonyl (C=O) groups is 2. The van der Waals surface area contributed by atoms with Crippen LogP contribution in [0.2, 0.25) is 0 Å². The molecule has 0 bridgehead atoms. The molecule has 0 atom stereocenters. The number of nitrogens with zero attached hydrogens (tertiary/aromatic N) is 3. The molecule has 0 saturated heterocycles. The molecule has 0 radical (unpaired) electrons. The van der Waals surface area contributed by atoms with Crippen LogP contribution in [0.1, 0.15) is 40.7 Å². The largest absolute Gasteiger partial charge is 0.476 e. The molecule has 0 aliphatic rings. The maximum atomic E-state index is 12.2. The monoisotopic (exact) mass is 316 g/mol. The second-order valence-electron chi connectivity index (χ2n) is 5.44. The van der Waals surface area contributed by atoms with Gasteiger partial charge >= 0.3 is 5.97 Å². The normalized spacial score (nSPS) is 10.6. The van der Waals surface area contributed by atoms with E-state index >= 15 is 0 Å². The lowest BCUT2D eigenvalue weighted by molar-refractivity contribution is -0.117. The molecule has 23 heavy (non-hydrogen) atoms. The molecule has 2 aromatic rings. The Bertz CT molecular complexity index is 737. The first kappa shape index (κ1) is 16.7. The third kappa shape index (κ3) is 3.94. The van der Waals surface area contributed by atoms with Crippen LogP contribution >= 0.6 is 0 Å². The summed E-state index contributed by atoms with van der Waals surface area (Å²) in [5.74, 6) is -1.40. The molecule has 2 N–H and O–H groups in total. The molecule has 7 heteroatoms. The van der Waals surface area contributed by atoms with Crippen LogP contribution in [0, 0.1) is 13.8 Å². The van der Waals surface area contributed by atoms with Gasteiger partial charge < -0.3 is 10.4 Å². The fraction of sp³-hybridized carbons (Fsp3) is 0.375. The summed E-state index contributed by atoms with van der Waals surface area (Å²) in [7, 11) is 0. The Labute approximate surface area is 134 Å². The van der Waals surface area contributed by atoms with Crippen LogP contribution in [0.5, 0.6) is 0 Å². The summed E-state index contributed by atoms with van der Waals surface area (Å²) in [5, 5.41) is 19.4. The molecular formula is C16H20N4O3. The van der Waals surface area contributed by atoms with Crippen molar-refractivity contribution >= 4 is 17.6 Å². The Hall–Kier alpha value is -2.70. The maximum Gasteiger partial charge on any atom is 0.358 e. The van der Waals surface area contributed by atoms with Crippen LogP contribution in [-0.2, 0) is 17.8 Å². The second kappa shape index (κ2) is 7.04. The molecular weight excluding hydrogens is 296 g/mol. The second-order valence-corrected chi connectivity index (χ2v) is 5.44. The van der Waals surface area contributed by atoms with Crippen molar-refractivity contribution in [3.05, 3.63) is 40.7 Å². The Balaban J connectivity index is 2.13. The SMILES string of the molecule is CCCc1c(C(=O)O)nnn1CC(=O)Nc1ccc(C)c(C)c1. The fourth-order valence-corrected chi connectivity index (χ4v) is 2.27. The molecule has 7 nitrogen and oxygen atoms in total. The van der Waals surface area contributed by atoms with E-state index in [2.05, 4.69) is 15.6 Å². The number of hydrogen-bond acceptors (Lipinski definition) is 4. The standard InChI is InChI=1S/C16H20N4O3/c1-4-5-13-15(16(22)23)18-19-20(13)9-14(21)17-12-7-6-10(2)11(3)8-12/h6-8H,4-5,9H2,1-3H3,(H,17,21)(H,22,23). The van der Waals surface area contributed by atoms with E-state index in [0.29, 0.717) is 17.8 Å². The molecule has 2 rings (SSSR count). The first-order valence-electron chi connectivity index (χ1n) is 7.45. The van der Waals surface area contributed by atoms with E-state index in [4.69, 9.17) is 5.11 Å². The zero-order valence-electron chi connectivity index (χ0n) is 13.5. The van der Waals surface area contributed by atoms with Gasteiger partial charge in [-0.25, -0.2) is 9.48 Å². The molecule has 0 saturated carbocycles. The van der Waals surface area contributed by atoms with Gasteiger partial charge in [0.05, 0.1) is 5.69 Å². The Kier molecular flexibility index (Phi) is 5.10. The minimum Gasteiger partial charge on any atom is -0.476 e. The van der Waals surface area contributed by atoms with Gasteiger partial charge in [-0.1, -0.05) is 24.6 Å². The molecule has 0 spiro atoms. The van der Waals surface area contributed by atoms with E-state index in [1.807, 2.05) is 39.0 Å². The molecule has 0 fully saturated rings. The summed E-state index contributed by atoms with van der Waals surface area (Å²) >= 11 is 0. The molecule has 1 amide bonds. The smallest absolute Gasteiger partial charge is 0.358 e. The predicted molar refractivity (Wildman–Crippen MR) is 85.5 cm³/mol. The zero-order chi connectivity index (χ0) is 17.0. The molecule has 122 valence electrons. The van der Waals surface area contributed by atoms with E-state index in [9.17, 15) is 9.59 Å². The van der Waals surface area contributed by atoms with Gasteiger partial charge in [0, 0.05) is 5.69 Å². The van der Waals surface area contributed by atoms with Crippen molar-refractivity contribution < 1.29 is 14.7 Å². The summed E-state index contributed by atoms with van der Waals surface area (Å²) < 4.78 is 1.35. The van der Waals surface area contributed by atoms with Gasteiger partial charge in [-0.2, -0.15) is 0 Å². The van der Waals surface area contributed by atoms with Crippen LogP contribution in [-0.4, -0.2) is 32.0 Å². The number of hydrogen-bond donors (Lipinski definition) is 2. The van der Waals surface area contributed by atoms with Crippen molar-refractivity contribution in [2.24, 2.45) is 0 Å². The Morgan fingerprint density at radius 1 is 1.26 bits per heavy atom. The number of aromatic carboxylic acids is 1. The summed E-state index contributed by atoms with van der Waals surface area (Å²) in [6.45, 7) is 5.84. The topological polar surface area (TPSA) is 97.1 Å². The van der Waals surface area contributed by atoms with Crippen LogP contribution in [0.4, 0.5) is 5.69 Å². The van der Waals surface area contributed by atoms with Crippen LogP contribution in [0.15, 0.2) is 18.2 Å². The average molecular weight is 316 g/mol. The minimum atomic E-state index is -1.13. The number of benzene rings is 1. The van der Waals surface area contributed by atoms with Crippen molar-refractivity contribution in [2.45, 2.75) is 40.2 Å². The third-order valence-electron chi connectivity index (χ3n) is 3.61. The minimum absolute atomic E-state index is 0.0669. The van der Waals surface area contributed by atoms with E-state index in [0.717, 1.165) is 17.5 Å². The first-order chi connectivity index (χ1) is 10.9. The van der Waals surface area contributed by atoms with E-state index in [1.165, 1.54) is 4.68 Å². The molecule has 1 aromatic heterocycles. The average Bonchev–Trinajstić information content (AvgIpc) is 2.86. The van der Waals surface area contributed by atoms with Crippen molar-refractivity contribution in [3.8, 4) is 0 Å². The highest BCUT2D eigenvalue weighted by molar-refractivity contribution is 5.91. The van der Waals surface area contributed by atoms with E-state index in [1.54, 1.807) is 0 Å². The van der Waals surface area contributed by atoms with Gasteiger partial charge in [0.2, 0.25) is 5.91 Å². The molecule has 1 aromatic carbocycles. The number of carboxylic acids is 1. The highest BCUT2D eigenvalue weighted by atomic mass is 16.4. The molecule has 1 heterocycles. The summed E-state index contributed by atoms with van der Waals surface area (Å²) in [6, 6.07) is 5.66. The number of amides is 1. The van der Waals surface area contributed by atoms with Crippen LogP contribution in [0.25, 0.3) is 0 Å². The quantitative estimate of drug-likeness (QED) is 0.851. The van der Waals surface area contributed by atoms with E-state index < -0.39 is 5.97 Å². The lowest BCUT2D eigenvalue weighted by Crippen LogP contribution is -2.21. The number of aryl methyl sites for hydroxylation is 2. The molecule has 0 aliphatic carbocycles. The predicted octanol–water partition coefficient (Wildman–Crippen LogP) is 2.18. The first-order valence-corrected chi connectivity index (χ1v) is 7.45. The van der Waals surface area contributed by atoms with Gasteiger partial charge in [0.25, 0.3) is 0 Å². The van der Waals surface area contributed by atoms with E-state index in [-0.39, 0.29) is 18.1 Å². The number of nitrogens with one attached hydrogen (secondary N) is 1. The number of rotatable bonds is 6. The number of carboxylic acid groups (broad SMARTS) is 1. The van der Waals surface area contributed by atoms with Crippen molar-refractivity contribution in [2.75, 3.05) is 5.32 Å². The highest BCUT2D eigenvalue weighted by Gasteiger charge is 2.19. The van der Waals surface area contributed by atoms with Crippen LogP contribution < -0.4 is 5.32 Å². The Morgan fingerprint density at radius 3 is 2.61 bits per heavy atom. The summed E-state index contributed by atoms with van der Waals surface area (Å²) in [6.07, 6.45) is 1.25. The Morgan fingerprint density at radius 2 is 2.00 bits per heavy atom. The molecule has 0 unspecified atom stereocenters. The fourth-order valence-electron chi connectivity index (χ4n) is 2.27. The van der Waals surface area contributed by atoms with Crippen molar-refractivity contribution in [3.63, 3.8) is 0 Å². The van der Waals surface area contributed by atoms with Crippen LogP contribution in [0.3, 0.4) is 0 Å². The van der Waals surface area contributed by atoms with Gasteiger partial charge in [-0.05, 0) is 43.5 Å². The van der Waals surface area contributed by atoms with Gasteiger partial charge in [0.15, 0.2) is 5.69 Å². The maximum absolute atomic E-state index is 12.2. The lowest BCUT2D eigenvalue weighted by Gasteiger charge is -2.09. The molecule has 0 aliphatic heterocycles. The number of carbonyl (C=O) groups excluding carboxylic acids is 1. The highest BCUT2D eigenvalue weighted by Crippen LogP contribution is 2.14. The van der Waals surface area contributed by atoms with Gasteiger partial charge in [-0.3, -0.25) is 4.79 Å². The lowest BCUT2D eigenvalue weighted by atomic mass is 10.1. The number of aromatic nitrogens is 3. The van der Waals surface area contributed by atoms with Gasteiger partial charge in [0.1, 0.15) is 6.54 Å².